The molecule has 0 nitrogen and oxygen atoms in total. The largest absolute Gasteiger partial charge is 0.0984 e. The highest BCUT2D eigenvalue weighted by molar-refractivity contribution is 5.89. The van der Waals surface area contributed by atoms with Crippen molar-refractivity contribution in [1.29, 1.82) is 0 Å². The van der Waals surface area contributed by atoms with E-state index in [4.69, 9.17) is 0 Å². The van der Waals surface area contributed by atoms with E-state index in [-0.39, 0.29) is 0 Å². The average molecular weight is 769 g/mol. The van der Waals surface area contributed by atoms with Crippen molar-refractivity contribution in [3.8, 4) is 77.9 Å². The number of benzene rings is 8. The molecule has 0 fully saturated rings. The predicted octanol–water partition coefficient (Wildman–Crippen LogP) is 17.0. The third kappa shape index (κ3) is 9.10. The Morgan fingerprint density at radius 3 is 1.03 bits per heavy atom. The molecule has 0 unspecified atom stereocenters. The predicted molar refractivity (Wildman–Crippen MR) is 260 cm³/mol. The lowest BCUT2D eigenvalue weighted by atomic mass is 9.88. The zero-order chi connectivity index (χ0) is 41.3. The van der Waals surface area contributed by atoms with Crippen LogP contribution in [0.3, 0.4) is 0 Å². The van der Waals surface area contributed by atoms with Gasteiger partial charge in [-0.2, -0.15) is 0 Å². The van der Waals surface area contributed by atoms with Gasteiger partial charge in [0.2, 0.25) is 0 Å². The molecule has 8 rings (SSSR count). The fraction of sp³-hybridized carbons (Fsp3) is 0.0333. The first-order chi connectivity index (χ1) is 29.4. The molecule has 8 aromatic carbocycles. The summed E-state index contributed by atoms with van der Waals surface area (Å²) in [4.78, 5) is 0. The Bertz CT molecular complexity index is 2610. The second-order valence-corrected chi connectivity index (χ2v) is 15.1. The van der Waals surface area contributed by atoms with Crippen LogP contribution in [0.4, 0.5) is 0 Å². The summed E-state index contributed by atoms with van der Waals surface area (Å²) in [7, 11) is 0. The van der Waals surface area contributed by atoms with Gasteiger partial charge in [-0.25, -0.2) is 0 Å². The highest BCUT2D eigenvalue weighted by Gasteiger charge is 2.14. The quantitative estimate of drug-likeness (QED) is 0.109. The van der Waals surface area contributed by atoms with Gasteiger partial charge in [0.1, 0.15) is 0 Å². The van der Waals surface area contributed by atoms with E-state index < -0.39 is 0 Å². The summed E-state index contributed by atoms with van der Waals surface area (Å²) in [6.45, 7) is 12.7. The summed E-state index contributed by atoms with van der Waals surface area (Å²) in [5.74, 6) is 0. The topological polar surface area (TPSA) is 0 Å². The number of allylic oxidation sites excluding steroid dienone is 8. The van der Waals surface area contributed by atoms with Crippen molar-refractivity contribution in [2.24, 2.45) is 0 Å². The third-order valence-corrected chi connectivity index (χ3v) is 11.0. The Labute approximate surface area is 356 Å². The van der Waals surface area contributed by atoms with Crippen molar-refractivity contribution in [3.63, 3.8) is 0 Å². The van der Waals surface area contributed by atoms with E-state index in [0.717, 1.165) is 55.7 Å². The Kier molecular flexibility index (Phi) is 12.0. The van der Waals surface area contributed by atoms with Gasteiger partial charge in [0.25, 0.3) is 0 Å². The lowest BCUT2D eigenvalue weighted by Gasteiger charge is -2.16. The summed E-state index contributed by atoms with van der Waals surface area (Å²) in [6, 6.07) is 72.6. The summed E-state index contributed by atoms with van der Waals surface area (Å²) in [5.41, 5.74) is 20.5. The SMILES string of the molecule is C=CC(=CC(=C)C(C)=CC=CC)c1cccc(-c2cc(-c3cc(-c4ccccc4)cc(-c4ccccc4)c3)cc(-c3cc(-c4ccccc4)cc(-c4ccccc4)c3)c2)c1. The second-order valence-electron chi connectivity index (χ2n) is 15.1. The van der Waals surface area contributed by atoms with Crippen LogP contribution in [0.2, 0.25) is 0 Å². The van der Waals surface area contributed by atoms with Gasteiger partial charge >= 0.3 is 0 Å². The van der Waals surface area contributed by atoms with Crippen LogP contribution in [-0.4, -0.2) is 0 Å². The summed E-state index contributed by atoms with van der Waals surface area (Å²) >= 11 is 0. The van der Waals surface area contributed by atoms with Crippen LogP contribution in [0.1, 0.15) is 19.4 Å². The van der Waals surface area contributed by atoms with Gasteiger partial charge in [-0.15, -0.1) is 0 Å². The molecule has 0 aromatic heterocycles. The van der Waals surface area contributed by atoms with Gasteiger partial charge in [0, 0.05) is 0 Å². The number of hydrogen-bond acceptors (Lipinski definition) is 0. The van der Waals surface area contributed by atoms with Gasteiger partial charge in [-0.05, 0) is 181 Å². The fourth-order valence-electron chi connectivity index (χ4n) is 7.69. The monoisotopic (exact) mass is 768 g/mol. The van der Waals surface area contributed by atoms with Crippen molar-refractivity contribution in [2.75, 3.05) is 0 Å². The van der Waals surface area contributed by atoms with Crippen molar-refractivity contribution in [1.82, 2.24) is 0 Å². The maximum Gasteiger partial charge on any atom is -0.0171 e. The maximum atomic E-state index is 4.38. The van der Waals surface area contributed by atoms with Crippen molar-refractivity contribution in [3.05, 3.63) is 260 Å². The molecule has 0 saturated carbocycles. The third-order valence-electron chi connectivity index (χ3n) is 11.0. The lowest BCUT2D eigenvalue weighted by molar-refractivity contribution is 1.44. The number of rotatable bonds is 12. The lowest BCUT2D eigenvalue weighted by Crippen LogP contribution is -1.91. The van der Waals surface area contributed by atoms with E-state index in [1.807, 2.05) is 25.2 Å². The van der Waals surface area contributed by atoms with E-state index in [2.05, 4.69) is 232 Å². The molecule has 60 heavy (non-hydrogen) atoms. The van der Waals surface area contributed by atoms with Crippen LogP contribution < -0.4 is 0 Å². The molecule has 0 spiro atoms. The normalized spacial score (nSPS) is 11.8. The van der Waals surface area contributed by atoms with Gasteiger partial charge in [-0.1, -0.05) is 177 Å². The number of hydrogen-bond donors (Lipinski definition) is 0. The van der Waals surface area contributed by atoms with E-state index >= 15 is 0 Å². The molecule has 0 bridgehead atoms. The summed E-state index contributed by atoms with van der Waals surface area (Å²) < 4.78 is 0. The minimum Gasteiger partial charge on any atom is -0.0984 e. The van der Waals surface area contributed by atoms with Gasteiger partial charge in [0.15, 0.2) is 0 Å². The maximum absolute atomic E-state index is 4.38. The van der Waals surface area contributed by atoms with Gasteiger partial charge in [0.05, 0.1) is 0 Å². The van der Waals surface area contributed by atoms with Crippen LogP contribution in [-0.2, 0) is 0 Å². The van der Waals surface area contributed by atoms with E-state index in [1.165, 1.54) is 44.5 Å². The molecule has 8 aromatic rings. The van der Waals surface area contributed by atoms with Crippen molar-refractivity contribution < 1.29 is 0 Å². The Morgan fingerprint density at radius 1 is 0.383 bits per heavy atom. The molecule has 0 aliphatic rings. The molecule has 0 aliphatic heterocycles. The molecule has 0 amide bonds. The molecule has 0 atom stereocenters. The first-order valence-corrected chi connectivity index (χ1v) is 20.6. The van der Waals surface area contributed by atoms with Crippen LogP contribution in [0, 0.1) is 0 Å². The van der Waals surface area contributed by atoms with E-state index in [0.29, 0.717) is 0 Å². The summed E-state index contributed by atoms with van der Waals surface area (Å²) in [5, 5.41) is 0. The standard InChI is InChI=1S/C60H48/c1-5-7-21-43(3)44(4)32-45(6-2)50-30-20-31-51(33-50)56-40-59(57-36-52(46-22-12-8-13-23-46)34-53(37-57)47-24-14-9-15-25-47)42-60(41-56)58-38-54(48-26-16-10-17-27-48)35-55(39-58)49-28-18-11-19-29-49/h5-42H,2,4H2,1,3H3. The van der Waals surface area contributed by atoms with E-state index in [9.17, 15) is 0 Å². The molecule has 0 aliphatic carbocycles. The zero-order valence-corrected chi connectivity index (χ0v) is 34.4. The van der Waals surface area contributed by atoms with Crippen LogP contribution in [0.25, 0.3) is 83.5 Å². The minimum absolute atomic E-state index is 0.956. The average Bonchev–Trinajstić information content (AvgIpc) is 3.33. The summed E-state index contributed by atoms with van der Waals surface area (Å²) in [6.07, 6.45) is 10.2. The van der Waals surface area contributed by atoms with Crippen LogP contribution in [0.15, 0.2) is 255 Å². The van der Waals surface area contributed by atoms with Crippen LogP contribution in [0.5, 0.6) is 0 Å². The molecule has 0 radical (unpaired) electrons. The van der Waals surface area contributed by atoms with Crippen molar-refractivity contribution >= 4 is 5.57 Å². The molecule has 0 N–H and O–H groups in total. The molecule has 0 heteroatoms. The first kappa shape index (κ1) is 39.3. The Morgan fingerprint density at radius 2 is 0.700 bits per heavy atom. The molecule has 0 heterocycles. The van der Waals surface area contributed by atoms with Gasteiger partial charge < -0.3 is 0 Å². The van der Waals surface area contributed by atoms with E-state index in [1.54, 1.807) is 0 Å². The molecule has 288 valence electrons. The minimum atomic E-state index is 0.956. The molecule has 0 saturated heterocycles. The molecular weight excluding hydrogens is 721 g/mol. The Hall–Kier alpha value is -7.54. The van der Waals surface area contributed by atoms with Gasteiger partial charge in [-0.3, -0.25) is 0 Å². The smallest absolute Gasteiger partial charge is 0.0171 e. The first-order valence-electron chi connectivity index (χ1n) is 20.6. The second kappa shape index (κ2) is 18.4. The highest BCUT2D eigenvalue weighted by atomic mass is 14.2. The zero-order valence-electron chi connectivity index (χ0n) is 34.4. The highest BCUT2D eigenvalue weighted by Crippen LogP contribution is 2.40. The Balaban J connectivity index is 1.35. The van der Waals surface area contributed by atoms with Crippen LogP contribution >= 0.6 is 0 Å². The molecular formula is C60H48. The van der Waals surface area contributed by atoms with Crippen molar-refractivity contribution in [2.45, 2.75) is 13.8 Å². The fourth-order valence-corrected chi connectivity index (χ4v) is 7.69.